The summed E-state index contributed by atoms with van der Waals surface area (Å²) in [5.74, 6) is -1.86. The van der Waals surface area contributed by atoms with E-state index in [1.54, 1.807) is 6.92 Å². The fourth-order valence-electron chi connectivity index (χ4n) is 3.04. The maximum absolute atomic E-state index is 13.9. The average Bonchev–Trinajstić information content (AvgIpc) is 3.22. The predicted octanol–water partition coefficient (Wildman–Crippen LogP) is 2.32. The average molecular weight is 459 g/mol. The Morgan fingerprint density at radius 2 is 1.87 bits per heavy atom. The Kier molecular flexibility index (Phi) is 6.79. The van der Waals surface area contributed by atoms with Gasteiger partial charge in [0.25, 0.3) is 10.0 Å². The summed E-state index contributed by atoms with van der Waals surface area (Å²) >= 11 is 5.97. The van der Waals surface area contributed by atoms with Crippen LogP contribution < -0.4 is 0 Å². The number of benzene rings is 1. The predicted molar refractivity (Wildman–Crippen MR) is 105 cm³/mol. The molecule has 2 heterocycles. The molecule has 3 rings (SSSR count). The van der Waals surface area contributed by atoms with Crippen molar-refractivity contribution in [2.45, 2.75) is 18.4 Å². The standard InChI is InChI=1S/C19H20ClFN2O6S/c1-2-28-19(25)16-6-7-18(29-16)30(26,27)23-10-8-22(9-11-23)17(24)12-13-14(20)4-3-5-15(13)21/h3-7H,2,8-12H2,1H3. The second-order valence-electron chi connectivity index (χ2n) is 6.50. The Morgan fingerprint density at radius 3 is 2.50 bits per heavy atom. The van der Waals surface area contributed by atoms with Crippen LogP contribution >= 0.6 is 11.6 Å². The molecule has 1 aliphatic heterocycles. The topological polar surface area (TPSA) is 97.1 Å². The fraction of sp³-hybridized carbons (Fsp3) is 0.368. The molecule has 0 atom stereocenters. The third-order valence-electron chi connectivity index (χ3n) is 4.63. The summed E-state index contributed by atoms with van der Waals surface area (Å²) in [4.78, 5) is 25.6. The highest BCUT2D eigenvalue weighted by molar-refractivity contribution is 7.89. The fourth-order valence-corrected chi connectivity index (χ4v) is 4.60. The number of piperazine rings is 1. The van der Waals surface area contributed by atoms with Crippen LogP contribution in [0.3, 0.4) is 0 Å². The SMILES string of the molecule is CCOC(=O)c1ccc(S(=O)(=O)N2CCN(C(=O)Cc3c(F)cccc3Cl)CC2)o1. The van der Waals surface area contributed by atoms with Gasteiger partial charge in [0.1, 0.15) is 5.82 Å². The van der Waals surface area contributed by atoms with Crippen LogP contribution in [0.5, 0.6) is 0 Å². The first-order valence-electron chi connectivity index (χ1n) is 9.21. The van der Waals surface area contributed by atoms with Gasteiger partial charge in [-0.2, -0.15) is 4.31 Å². The minimum absolute atomic E-state index is 0.0362. The normalized spacial score (nSPS) is 15.2. The molecular formula is C19H20ClFN2O6S. The lowest BCUT2D eigenvalue weighted by molar-refractivity contribution is -0.131. The second-order valence-corrected chi connectivity index (χ2v) is 8.78. The van der Waals surface area contributed by atoms with Crippen LogP contribution in [0.15, 0.2) is 39.8 Å². The summed E-state index contributed by atoms with van der Waals surface area (Å²) in [6, 6.07) is 6.62. The number of furan rings is 1. The van der Waals surface area contributed by atoms with Gasteiger partial charge in [0.15, 0.2) is 0 Å². The lowest BCUT2D eigenvalue weighted by atomic mass is 10.1. The molecule has 0 spiro atoms. The Hall–Kier alpha value is -2.43. The van der Waals surface area contributed by atoms with Gasteiger partial charge in [-0.25, -0.2) is 17.6 Å². The number of ether oxygens (including phenoxy) is 1. The van der Waals surface area contributed by atoms with E-state index in [2.05, 4.69) is 0 Å². The molecule has 0 aliphatic carbocycles. The molecule has 1 saturated heterocycles. The summed E-state index contributed by atoms with van der Waals surface area (Å²) < 4.78 is 50.5. The van der Waals surface area contributed by atoms with Gasteiger partial charge in [0, 0.05) is 36.8 Å². The van der Waals surface area contributed by atoms with Crippen molar-refractivity contribution >= 4 is 33.5 Å². The van der Waals surface area contributed by atoms with Crippen molar-refractivity contribution in [3.05, 3.63) is 52.5 Å². The van der Waals surface area contributed by atoms with Crippen LogP contribution in [0.2, 0.25) is 5.02 Å². The maximum atomic E-state index is 13.9. The molecule has 1 amide bonds. The third kappa shape index (κ3) is 4.66. The van der Waals surface area contributed by atoms with Crippen molar-refractivity contribution in [3.63, 3.8) is 0 Å². The van der Waals surface area contributed by atoms with E-state index >= 15 is 0 Å². The van der Waals surface area contributed by atoms with Gasteiger partial charge in [0.05, 0.1) is 13.0 Å². The van der Waals surface area contributed by atoms with E-state index in [0.29, 0.717) is 0 Å². The molecule has 1 fully saturated rings. The molecule has 1 aromatic heterocycles. The Balaban J connectivity index is 1.63. The Labute approximate surface area is 178 Å². The van der Waals surface area contributed by atoms with E-state index in [1.807, 2.05) is 0 Å². The van der Waals surface area contributed by atoms with Crippen molar-refractivity contribution in [2.24, 2.45) is 0 Å². The third-order valence-corrected chi connectivity index (χ3v) is 6.76. The Morgan fingerprint density at radius 1 is 1.17 bits per heavy atom. The molecule has 162 valence electrons. The zero-order valence-electron chi connectivity index (χ0n) is 16.1. The number of rotatable bonds is 6. The van der Waals surface area contributed by atoms with Crippen LogP contribution in [0, 0.1) is 5.82 Å². The summed E-state index contributed by atoms with van der Waals surface area (Å²) in [7, 11) is -3.97. The van der Waals surface area contributed by atoms with E-state index in [1.165, 1.54) is 39.5 Å². The molecule has 0 bridgehead atoms. The second kappa shape index (κ2) is 9.15. The van der Waals surface area contributed by atoms with Gasteiger partial charge in [-0.1, -0.05) is 17.7 Å². The van der Waals surface area contributed by atoms with Crippen LogP contribution in [-0.2, 0) is 26.0 Å². The zero-order chi connectivity index (χ0) is 21.9. The largest absolute Gasteiger partial charge is 0.460 e. The minimum Gasteiger partial charge on any atom is -0.460 e. The highest BCUT2D eigenvalue weighted by atomic mass is 35.5. The molecule has 8 nitrogen and oxygen atoms in total. The summed E-state index contributed by atoms with van der Waals surface area (Å²) in [6.45, 7) is 2.10. The number of hydrogen-bond acceptors (Lipinski definition) is 6. The summed E-state index contributed by atoms with van der Waals surface area (Å²) in [5.41, 5.74) is 0.112. The van der Waals surface area contributed by atoms with Crippen LogP contribution in [0.4, 0.5) is 4.39 Å². The molecule has 0 saturated carbocycles. The number of amides is 1. The van der Waals surface area contributed by atoms with E-state index in [0.717, 1.165) is 0 Å². The van der Waals surface area contributed by atoms with Gasteiger partial charge in [0.2, 0.25) is 16.8 Å². The number of hydrogen-bond donors (Lipinski definition) is 0. The molecule has 0 unspecified atom stereocenters. The molecule has 2 aromatic rings. The Bertz CT molecular complexity index is 1030. The first-order valence-corrected chi connectivity index (χ1v) is 11.0. The maximum Gasteiger partial charge on any atom is 0.374 e. The van der Waals surface area contributed by atoms with E-state index in [9.17, 15) is 22.4 Å². The van der Waals surface area contributed by atoms with Crippen LogP contribution in [0.1, 0.15) is 23.0 Å². The van der Waals surface area contributed by atoms with Crippen molar-refractivity contribution < 1.29 is 31.6 Å². The lowest BCUT2D eigenvalue weighted by Gasteiger charge is -2.33. The lowest BCUT2D eigenvalue weighted by Crippen LogP contribution is -2.50. The van der Waals surface area contributed by atoms with Gasteiger partial charge < -0.3 is 14.1 Å². The molecule has 11 heteroatoms. The number of carbonyl (C=O) groups excluding carboxylic acids is 2. The highest BCUT2D eigenvalue weighted by Crippen LogP contribution is 2.23. The number of halogens is 2. The zero-order valence-corrected chi connectivity index (χ0v) is 17.7. The highest BCUT2D eigenvalue weighted by Gasteiger charge is 2.33. The molecule has 0 N–H and O–H groups in total. The number of esters is 1. The van der Waals surface area contributed by atoms with E-state index in [4.69, 9.17) is 20.8 Å². The minimum atomic E-state index is -3.97. The van der Waals surface area contributed by atoms with Crippen molar-refractivity contribution in [2.75, 3.05) is 32.8 Å². The van der Waals surface area contributed by atoms with Gasteiger partial charge in [-0.05, 0) is 31.2 Å². The summed E-state index contributed by atoms with van der Waals surface area (Å²) in [6.07, 6.45) is -0.209. The molecule has 1 aliphatic rings. The van der Waals surface area contributed by atoms with Crippen molar-refractivity contribution in [1.82, 2.24) is 9.21 Å². The van der Waals surface area contributed by atoms with Gasteiger partial charge in [-0.15, -0.1) is 0 Å². The molecule has 1 aromatic carbocycles. The van der Waals surface area contributed by atoms with E-state index in [-0.39, 0.29) is 66.6 Å². The van der Waals surface area contributed by atoms with Crippen molar-refractivity contribution in [3.8, 4) is 0 Å². The van der Waals surface area contributed by atoms with E-state index < -0.39 is 21.8 Å². The van der Waals surface area contributed by atoms with Gasteiger partial charge >= 0.3 is 5.97 Å². The molecular weight excluding hydrogens is 439 g/mol. The van der Waals surface area contributed by atoms with Crippen LogP contribution in [-0.4, -0.2) is 62.3 Å². The first-order chi connectivity index (χ1) is 14.2. The number of nitrogens with zero attached hydrogens (tertiary/aromatic N) is 2. The monoisotopic (exact) mass is 458 g/mol. The number of sulfonamides is 1. The smallest absolute Gasteiger partial charge is 0.374 e. The molecule has 30 heavy (non-hydrogen) atoms. The number of carbonyl (C=O) groups is 2. The van der Waals surface area contributed by atoms with Gasteiger partial charge in [-0.3, -0.25) is 4.79 Å². The van der Waals surface area contributed by atoms with Crippen LogP contribution in [0.25, 0.3) is 0 Å². The molecule has 0 radical (unpaired) electrons. The summed E-state index contributed by atoms with van der Waals surface area (Å²) in [5, 5.41) is -0.205. The quantitative estimate of drug-likeness (QED) is 0.616. The first kappa shape index (κ1) is 22.3. The van der Waals surface area contributed by atoms with Crippen molar-refractivity contribution in [1.29, 1.82) is 0 Å².